The van der Waals surface area contributed by atoms with Crippen molar-refractivity contribution in [1.82, 2.24) is 29.4 Å². The topological polar surface area (TPSA) is 91.2 Å². The summed E-state index contributed by atoms with van der Waals surface area (Å²) in [6, 6.07) is 11.5. The lowest BCUT2D eigenvalue weighted by molar-refractivity contribution is -0.133. The second-order valence-corrected chi connectivity index (χ2v) is 9.55. The molecule has 3 amide bonds. The number of amides is 3. The molecule has 0 radical (unpaired) electrons. The van der Waals surface area contributed by atoms with Gasteiger partial charge in [-0.3, -0.25) is 19.1 Å². The highest BCUT2D eigenvalue weighted by Gasteiger charge is 2.29. The van der Waals surface area contributed by atoms with Crippen molar-refractivity contribution in [1.29, 1.82) is 0 Å². The standard InChI is InChI=1S/C27H38N6O4/c1-3-29-14-16-30(17-15-29)25(34)10-13-31(18-19-37-2)26(35)23-20-24-27(36)32(11-7-12-33(24)28-23)21-22-8-5-4-6-9-22/h4-6,8-9,20H,3,7,10-19,21H2,1-2H3. The van der Waals surface area contributed by atoms with Gasteiger partial charge in [0.2, 0.25) is 5.91 Å². The minimum absolute atomic E-state index is 0.0540. The number of aromatic nitrogens is 2. The molecule has 4 rings (SSSR count). The second-order valence-electron chi connectivity index (χ2n) is 9.55. The summed E-state index contributed by atoms with van der Waals surface area (Å²) < 4.78 is 6.86. The average molecular weight is 511 g/mol. The summed E-state index contributed by atoms with van der Waals surface area (Å²) in [7, 11) is 1.58. The fourth-order valence-corrected chi connectivity index (χ4v) is 4.87. The highest BCUT2D eigenvalue weighted by molar-refractivity contribution is 5.98. The van der Waals surface area contributed by atoms with E-state index < -0.39 is 0 Å². The molecule has 3 heterocycles. The van der Waals surface area contributed by atoms with E-state index in [1.54, 1.807) is 22.8 Å². The summed E-state index contributed by atoms with van der Waals surface area (Å²) in [6.45, 7) is 9.01. The second kappa shape index (κ2) is 12.8. The van der Waals surface area contributed by atoms with E-state index in [0.717, 1.165) is 31.6 Å². The van der Waals surface area contributed by atoms with Gasteiger partial charge in [-0.2, -0.15) is 5.10 Å². The number of fused-ring (bicyclic) bond motifs is 1. The Morgan fingerprint density at radius 3 is 2.49 bits per heavy atom. The number of likely N-dealkylation sites (N-methyl/N-ethyl adjacent to an activating group) is 1. The third-order valence-corrected chi connectivity index (χ3v) is 7.14. The molecule has 1 fully saturated rings. The lowest BCUT2D eigenvalue weighted by Crippen LogP contribution is -2.49. The summed E-state index contributed by atoms with van der Waals surface area (Å²) in [6.07, 6.45) is 1.01. The van der Waals surface area contributed by atoms with Gasteiger partial charge in [-0.05, 0) is 18.5 Å². The van der Waals surface area contributed by atoms with Crippen molar-refractivity contribution >= 4 is 17.7 Å². The Labute approximate surface area is 218 Å². The molecule has 2 aliphatic heterocycles. The Morgan fingerprint density at radius 1 is 1.03 bits per heavy atom. The molecule has 10 heteroatoms. The summed E-state index contributed by atoms with van der Waals surface area (Å²) >= 11 is 0. The Balaban J connectivity index is 1.42. The molecular formula is C27H38N6O4. The van der Waals surface area contributed by atoms with E-state index in [1.807, 2.05) is 40.1 Å². The van der Waals surface area contributed by atoms with Crippen LogP contribution in [0.2, 0.25) is 0 Å². The zero-order chi connectivity index (χ0) is 26.2. The SMILES string of the molecule is CCN1CCN(C(=O)CCN(CCOC)C(=O)c2cc3n(n2)CCCN(Cc2ccccc2)C3=O)CC1. The number of nitrogens with zero attached hydrogens (tertiary/aromatic N) is 6. The molecule has 37 heavy (non-hydrogen) atoms. The third kappa shape index (κ3) is 6.75. The number of methoxy groups -OCH3 is 1. The molecule has 1 saturated heterocycles. The van der Waals surface area contributed by atoms with Crippen LogP contribution in [-0.2, 0) is 22.6 Å². The first-order chi connectivity index (χ1) is 18.0. The van der Waals surface area contributed by atoms with Gasteiger partial charge in [-0.25, -0.2) is 0 Å². The van der Waals surface area contributed by atoms with E-state index in [9.17, 15) is 14.4 Å². The number of hydrogen-bond acceptors (Lipinski definition) is 6. The highest BCUT2D eigenvalue weighted by Crippen LogP contribution is 2.18. The molecule has 0 atom stereocenters. The summed E-state index contributed by atoms with van der Waals surface area (Å²) in [4.78, 5) is 47.2. The van der Waals surface area contributed by atoms with Crippen LogP contribution in [0, 0.1) is 0 Å². The zero-order valence-electron chi connectivity index (χ0n) is 22.0. The fraction of sp³-hybridized carbons (Fsp3) is 0.556. The Kier molecular flexibility index (Phi) is 9.29. The van der Waals surface area contributed by atoms with E-state index in [0.29, 0.717) is 51.6 Å². The van der Waals surface area contributed by atoms with Gasteiger partial charge in [-0.15, -0.1) is 0 Å². The minimum atomic E-state index is -0.288. The van der Waals surface area contributed by atoms with Gasteiger partial charge in [0.05, 0.1) is 6.61 Å². The molecule has 0 N–H and O–H groups in total. The van der Waals surface area contributed by atoms with Gasteiger partial charge >= 0.3 is 0 Å². The van der Waals surface area contributed by atoms with Gasteiger partial charge in [0.1, 0.15) is 5.69 Å². The van der Waals surface area contributed by atoms with Crippen LogP contribution >= 0.6 is 0 Å². The van der Waals surface area contributed by atoms with E-state index in [-0.39, 0.29) is 36.4 Å². The average Bonchev–Trinajstić information content (AvgIpc) is 3.30. The van der Waals surface area contributed by atoms with Gasteiger partial charge < -0.3 is 24.3 Å². The summed E-state index contributed by atoms with van der Waals surface area (Å²) in [5.41, 5.74) is 1.71. The normalized spacial score (nSPS) is 16.4. The number of ether oxygens (including phenoxy) is 1. The molecule has 1 aromatic heterocycles. The minimum Gasteiger partial charge on any atom is -0.383 e. The first kappa shape index (κ1) is 26.8. The van der Waals surface area contributed by atoms with Crippen LogP contribution in [-0.4, -0.2) is 113 Å². The number of rotatable bonds is 10. The molecule has 0 bridgehead atoms. The lowest BCUT2D eigenvalue weighted by atomic mass is 10.2. The molecule has 0 unspecified atom stereocenters. The Bertz CT molecular complexity index is 1060. The van der Waals surface area contributed by atoms with Crippen LogP contribution in [0.3, 0.4) is 0 Å². The molecule has 0 aliphatic carbocycles. The van der Waals surface area contributed by atoms with Crippen molar-refractivity contribution in [3.05, 3.63) is 53.3 Å². The summed E-state index contributed by atoms with van der Waals surface area (Å²) in [5.74, 6) is -0.361. The quantitative estimate of drug-likeness (QED) is 0.482. The van der Waals surface area contributed by atoms with E-state index in [2.05, 4.69) is 16.9 Å². The molecule has 10 nitrogen and oxygen atoms in total. The zero-order valence-corrected chi connectivity index (χ0v) is 22.0. The van der Waals surface area contributed by atoms with Crippen molar-refractivity contribution in [2.75, 3.05) is 66.1 Å². The number of aryl methyl sites for hydroxylation is 1. The van der Waals surface area contributed by atoms with E-state index in [4.69, 9.17) is 4.74 Å². The Morgan fingerprint density at radius 2 is 1.78 bits per heavy atom. The van der Waals surface area contributed by atoms with Crippen molar-refractivity contribution in [3.63, 3.8) is 0 Å². The number of benzene rings is 1. The van der Waals surface area contributed by atoms with Crippen LogP contribution in [0.4, 0.5) is 0 Å². The highest BCUT2D eigenvalue weighted by atomic mass is 16.5. The first-order valence-electron chi connectivity index (χ1n) is 13.2. The van der Waals surface area contributed by atoms with Crippen LogP contribution in [0.5, 0.6) is 0 Å². The number of hydrogen-bond donors (Lipinski definition) is 0. The molecule has 2 aliphatic rings. The third-order valence-electron chi connectivity index (χ3n) is 7.14. The number of carbonyl (C=O) groups is 3. The van der Waals surface area contributed by atoms with Crippen LogP contribution in [0.25, 0.3) is 0 Å². The van der Waals surface area contributed by atoms with Crippen LogP contribution in [0.1, 0.15) is 46.3 Å². The monoisotopic (exact) mass is 510 g/mol. The predicted octanol–water partition coefficient (Wildman–Crippen LogP) is 1.57. The molecule has 0 saturated carbocycles. The molecule has 200 valence electrons. The maximum atomic E-state index is 13.4. The lowest BCUT2D eigenvalue weighted by Gasteiger charge is -2.34. The van der Waals surface area contributed by atoms with Crippen molar-refractivity contribution in [2.24, 2.45) is 0 Å². The van der Waals surface area contributed by atoms with Crippen molar-refractivity contribution < 1.29 is 19.1 Å². The van der Waals surface area contributed by atoms with Gasteiger partial charge in [0, 0.05) is 78.5 Å². The maximum absolute atomic E-state index is 13.4. The molecular weight excluding hydrogens is 472 g/mol. The molecule has 0 spiro atoms. The maximum Gasteiger partial charge on any atom is 0.274 e. The van der Waals surface area contributed by atoms with Crippen molar-refractivity contribution in [3.8, 4) is 0 Å². The van der Waals surface area contributed by atoms with Crippen molar-refractivity contribution in [2.45, 2.75) is 32.9 Å². The largest absolute Gasteiger partial charge is 0.383 e. The van der Waals surface area contributed by atoms with Gasteiger partial charge in [0.25, 0.3) is 11.8 Å². The molecule has 1 aromatic carbocycles. The first-order valence-corrected chi connectivity index (χ1v) is 13.2. The fourth-order valence-electron chi connectivity index (χ4n) is 4.87. The van der Waals surface area contributed by atoms with E-state index in [1.165, 1.54) is 0 Å². The van der Waals surface area contributed by atoms with Gasteiger partial charge in [-0.1, -0.05) is 37.3 Å². The Hall–Kier alpha value is -3.24. The number of piperazine rings is 1. The summed E-state index contributed by atoms with van der Waals surface area (Å²) in [5, 5.41) is 4.50. The molecule has 2 aromatic rings. The number of carbonyl (C=O) groups excluding carboxylic acids is 3. The smallest absolute Gasteiger partial charge is 0.274 e. The van der Waals surface area contributed by atoms with Crippen LogP contribution < -0.4 is 0 Å². The van der Waals surface area contributed by atoms with E-state index >= 15 is 0 Å². The van der Waals surface area contributed by atoms with Gasteiger partial charge in [0.15, 0.2) is 5.69 Å². The predicted molar refractivity (Wildman–Crippen MR) is 139 cm³/mol. The van der Waals surface area contributed by atoms with Crippen LogP contribution in [0.15, 0.2) is 36.4 Å².